The number of carbonyl (C=O) groups is 1. The van der Waals surface area contributed by atoms with Gasteiger partial charge in [0.05, 0.1) is 11.8 Å². The normalized spacial score (nSPS) is 10.2. The smallest absolute Gasteiger partial charge is 0.257 e. The largest absolute Gasteiger partial charge is 0.389 e. The van der Waals surface area contributed by atoms with Gasteiger partial charge in [-0.2, -0.15) is 5.10 Å². The molecule has 1 heterocycles. The summed E-state index contributed by atoms with van der Waals surface area (Å²) in [4.78, 5) is 12.3. The number of hydrogen-bond donors (Lipinski definition) is 3. The zero-order chi connectivity index (χ0) is 14.0. The number of nitrogens with one attached hydrogen (secondary N) is 2. The number of carbonyl (C=O) groups excluding carboxylic acids is 1. The lowest BCUT2D eigenvalue weighted by molar-refractivity contribution is 0.102. The number of rotatable bonds is 3. The van der Waals surface area contributed by atoms with Gasteiger partial charge in [-0.25, -0.2) is 0 Å². The van der Waals surface area contributed by atoms with Gasteiger partial charge in [0, 0.05) is 10.6 Å². The Balaban J connectivity index is 2.29. The Morgan fingerprint density at radius 1 is 1.47 bits per heavy atom. The number of amides is 1. The molecule has 0 fully saturated rings. The fourth-order valence-electron chi connectivity index (χ4n) is 1.60. The standard InChI is InChI=1S/C12H11ClN4OS/c1-6-7(3-2-4-9(6)13)12(18)16-11-8(10(14)19)5-15-17-11/h2-5H,1H3,(H2,14,19)(H2,15,16,17,18). The predicted octanol–water partition coefficient (Wildman–Crippen LogP) is 2.26. The fraction of sp³-hybridized carbons (Fsp3) is 0.0833. The van der Waals surface area contributed by atoms with E-state index in [-0.39, 0.29) is 10.9 Å². The van der Waals surface area contributed by atoms with Gasteiger partial charge in [-0.3, -0.25) is 9.89 Å². The van der Waals surface area contributed by atoms with E-state index in [4.69, 9.17) is 29.6 Å². The van der Waals surface area contributed by atoms with E-state index in [0.717, 1.165) is 0 Å². The quantitative estimate of drug-likeness (QED) is 0.758. The maximum Gasteiger partial charge on any atom is 0.257 e. The number of benzene rings is 1. The van der Waals surface area contributed by atoms with Crippen LogP contribution in [0.1, 0.15) is 21.5 Å². The molecule has 0 saturated carbocycles. The molecule has 0 saturated heterocycles. The number of aromatic nitrogens is 2. The van der Waals surface area contributed by atoms with Gasteiger partial charge in [-0.05, 0) is 24.6 Å². The first-order valence-corrected chi connectivity index (χ1v) is 6.19. The average Bonchev–Trinajstić information content (AvgIpc) is 2.80. The number of anilines is 1. The molecule has 0 unspecified atom stereocenters. The first-order valence-electron chi connectivity index (χ1n) is 5.40. The molecule has 0 aliphatic carbocycles. The molecule has 0 aliphatic heterocycles. The van der Waals surface area contributed by atoms with Crippen molar-refractivity contribution < 1.29 is 4.79 Å². The minimum absolute atomic E-state index is 0.159. The number of H-pyrrole nitrogens is 1. The van der Waals surface area contributed by atoms with Gasteiger partial charge in [0.2, 0.25) is 0 Å². The maximum atomic E-state index is 12.2. The molecule has 2 aromatic rings. The van der Waals surface area contributed by atoms with Gasteiger partial charge in [0.15, 0.2) is 0 Å². The predicted molar refractivity (Wildman–Crippen MR) is 78.6 cm³/mol. The Morgan fingerprint density at radius 3 is 2.89 bits per heavy atom. The van der Waals surface area contributed by atoms with Crippen LogP contribution in [0.2, 0.25) is 5.02 Å². The lowest BCUT2D eigenvalue weighted by atomic mass is 10.1. The number of thiocarbonyl (C=S) groups is 1. The summed E-state index contributed by atoms with van der Waals surface area (Å²) < 4.78 is 0. The van der Waals surface area contributed by atoms with E-state index in [1.165, 1.54) is 6.20 Å². The second-order valence-electron chi connectivity index (χ2n) is 3.89. The zero-order valence-electron chi connectivity index (χ0n) is 10.0. The van der Waals surface area contributed by atoms with Crippen LogP contribution in [0.4, 0.5) is 5.82 Å². The summed E-state index contributed by atoms with van der Waals surface area (Å²) in [7, 11) is 0. The minimum Gasteiger partial charge on any atom is -0.389 e. The van der Waals surface area contributed by atoms with Gasteiger partial charge in [0.1, 0.15) is 10.8 Å². The van der Waals surface area contributed by atoms with Crippen LogP contribution in [0.5, 0.6) is 0 Å². The van der Waals surface area contributed by atoms with Crippen LogP contribution in [0, 0.1) is 6.92 Å². The summed E-state index contributed by atoms with van der Waals surface area (Å²) in [6, 6.07) is 5.13. The highest BCUT2D eigenvalue weighted by Gasteiger charge is 2.15. The highest BCUT2D eigenvalue weighted by molar-refractivity contribution is 7.80. The first kappa shape index (κ1) is 13.5. The van der Waals surface area contributed by atoms with Crippen molar-refractivity contribution in [2.45, 2.75) is 6.92 Å². The summed E-state index contributed by atoms with van der Waals surface area (Å²) in [6.45, 7) is 1.78. The molecule has 0 spiro atoms. The van der Waals surface area contributed by atoms with Crippen LogP contribution in [-0.2, 0) is 0 Å². The van der Waals surface area contributed by atoms with Crippen molar-refractivity contribution in [2.24, 2.45) is 5.73 Å². The van der Waals surface area contributed by atoms with Gasteiger partial charge in [0.25, 0.3) is 5.91 Å². The molecule has 2 rings (SSSR count). The van der Waals surface area contributed by atoms with E-state index in [9.17, 15) is 4.79 Å². The number of nitrogens with zero attached hydrogens (tertiary/aromatic N) is 1. The molecule has 7 heteroatoms. The highest BCUT2D eigenvalue weighted by atomic mass is 35.5. The molecule has 4 N–H and O–H groups in total. The minimum atomic E-state index is -0.304. The number of halogens is 1. The Hall–Kier alpha value is -1.92. The molecule has 1 aromatic carbocycles. The molecule has 0 atom stereocenters. The summed E-state index contributed by atoms with van der Waals surface area (Å²) in [5, 5.41) is 9.64. The fourth-order valence-corrected chi connectivity index (χ4v) is 1.93. The molecule has 1 amide bonds. The molecular weight excluding hydrogens is 284 g/mol. The number of hydrogen-bond acceptors (Lipinski definition) is 3. The molecule has 5 nitrogen and oxygen atoms in total. The molecule has 98 valence electrons. The second kappa shape index (κ2) is 5.38. The van der Waals surface area contributed by atoms with E-state index in [1.54, 1.807) is 25.1 Å². The van der Waals surface area contributed by atoms with Crippen LogP contribution in [0.25, 0.3) is 0 Å². The summed E-state index contributed by atoms with van der Waals surface area (Å²) in [6.07, 6.45) is 1.46. The van der Waals surface area contributed by atoms with E-state index in [2.05, 4.69) is 15.5 Å². The monoisotopic (exact) mass is 294 g/mol. The van der Waals surface area contributed by atoms with E-state index in [1.807, 2.05) is 0 Å². The molecule has 1 aromatic heterocycles. The number of aromatic amines is 1. The molecule has 0 aliphatic rings. The van der Waals surface area contributed by atoms with Gasteiger partial charge in [-0.15, -0.1) is 0 Å². The second-order valence-corrected chi connectivity index (χ2v) is 4.74. The number of nitrogens with two attached hydrogens (primary N) is 1. The van der Waals surface area contributed by atoms with Gasteiger partial charge < -0.3 is 11.1 Å². The van der Waals surface area contributed by atoms with Crippen LogP contribution >= 0.6 is 23.8 Å². The van der Waals surface area contributed by atoms with Crippen molar-refractivity contribution in [1.29, 1.82) is 0 Å². The van der Waals surface area contributed by atoms with Crippen molar-refractivity contribution in [2.75, 3.05) is 5.32 Å². The average molecular weight is 295 g/mol. The Morgan fingerprint density at radius 2 is 2.21 bits per heavy atom. The SMILES string of the molecule is Cc1c(Cl)cccc1C(=O)Nc1[nH]ncc1C(N)=S. The first-order chi connectivity index (χ1) is 9.00. The molecular formula is C12H11ClN4OS. The lowest BCUT2D eigenvalue weighted by Gasteiger charge is -2.08. The molecule has 0 bridgehead atoms. The van der Waals surface area contributed by atoms with Gasteiger partial charge >= 0.3 is 0 Å². The summed E-state index contributed by atoms with van der Waals surface area (Å²) in [5.74, 6) is 0.0682. The third-order valence-electron chi connectivity index (χ3n) is 2.66. The van der Waals surface area contributed by atoms with Crippen molar-refractivity contribution in [1.82, 2.24) is 10.2 Å². The topological polar surface area (TPSA) is 83.8 Å². The van der Waals surface area contributed by atoms with Crippen LogP contribution in [-0.4, -0.2) is 21.1 Å². The maximum absolute atomic E-state index is 12.2. The Bertz CT molecular complexity index is 653. The Kier molecular flexibility index (Phi) is 3.82. The molecule has 0 radical (unpaired) electrons. The third kappa shape index (κ3) is 2.74. The van der Waals surface area contributed by atoms with Crippen molar-refractivity contribution in [3.63, 3.8) is 0 Å². The van der Waals surface area contributed by atoms with Crippen molar-refractivity contribution in [3.05, 3.63) is 46.1 Å². The van der Waals surface area contributed by atoms with Crippen molar-refractivity contribution >= 4 is 40.5 Å². The third-order valence-corrected chi connectivity index (χ3v) is 3.29. The van der Waals surface area contributed by atoms with Crippen LogP contribution in [0.3, 0.4) is 0 Å². The lowest BCUT2D eigenvalue weighted by Crippen LogP contribution is -2.17. The van der Waals surface area contributed by atoms with E-state index < -0.39 is 0 Å². The summed E-state index contributed by atoms with van der Waals surface area (Å²) >= 11 is 10.8. The van der Waals surface area contributed by atoms with Crippen LogP contribution in [0.15, 0.2) is 24.4 Å². The molecule has 19 heavy (non-hydrogen) atoms. The van der Waals surface area contributed by atoms with E-state index >= 15 is 0 Å². The van der Waals surface area contributed by atoms with Gasteiger partial charge in [-0.1, -0.05) is 29.9 Å². The van der Waals surface area contributed by atoms with Crippen LogP contribution < -0.4 is 11.1 Å². The summed E-state index contributed by atoms with van der Waals surface area (Å²) in [5.41, 5.74) is 7.20. The highest BCUT2D eigenvalue weighted by Crippen LogP contribution is 2.20. The zero-order valence-corrected chi connectivity index (χ0v) is 11.6. The van der Waals surface area contributed by atoms with Crippen molar-refractivity contribution in [3.8, 4) is 0 Å². The van der Waals surface area contributed by atoms with E-state index in [0.29, 0.717) is 27.5 Å². The Labute approximate surface area is 120 Å².